The van der Waals surface area contributed by atoms with Crippen LogP contribution in [0.1, 0.15) is 13.8 Å². The van der Waals surface area contributed by atoms with Gasteiger partial charge in [0, 0.05) is 18.8 Å². The third kappa shape index (κ3) is 2.97. The van der Waals surface area contributed by atoms with Crippen molar-refractivity contribution in [3.05, 3.63) is 30.3 Å². The van der Waals surface area contributed by atoms with Gasteiger partial charge in [0.05, 0.1) is 0 Å². The van der Waals surface area contributed by atoms with Gasteiger partial charge in [-0.15, -0.1) is 0 Å². The number of likely N-dealkylation sites (N-methyl/N-ethyl adjacent to an activating group) is 1. The Bertz CT molecular complexity index is 349. The number of anilines is 1. The Morgan fingerprint density at radius 2 is 1.94 bits per heavy atom. The second-order valence-electron chi connectivity index (χ2n) is 4.13. The number of carbonyl (C=O) groups is 1. The van der Waals surface area contributed by atoms with Crippen LogP contribution < -0.4 is 16.4 Å². The highest BCUT2D eigenvalue weighted by molar-refractivity contribution is 5.84. The van der Waals surface area contributed by atoms with Crippen LogP contribution in [0.25, 0.3) is 0 Å². The molecule has 0 aliphatic heterocycles. The fraction of sp³-hybridized carbons (Fsp3) is 0.417. The summed E-state index contributed by atoms with van der Waals surface area (Å²) in [5, 5.41) is 0. The summed E-state index contributed by atoms with van der Waals surface area (Å²) in [6, 6.07) is 9.83. The first kappa shape index (κ1) is 12.5. The third-order valence-electron chi connectivity index (χ3n) is 2.59. The summed E-state index contributed by atoms with van der Waals surface area (Å²) < 4.78 is 0. The van der Waals surface area contributed by atoms with Crippen molar-refractivity contribution in [2.24, 2.45) is 11.5 Å². The number of benzene rings is 1. The first-order chi connectivity index (χ1) is 7.47. The van der Waals surface area contributed by atoms with Crippen LogP contribution in [0.5, 0.6) is 0 Å². The number of hydrogen-bond acceptors (Lipinski definition) is 3. The number of primary amides is 1. The quantitative estimate of drug-likeness (QED) is 0.769. The zero-order valence-corrected chi connectivity index (χ0v) is 9.81. The zero-order chi connectivity index (χ0) is 12.2. The summed E-state index contributed by atoms with van der Waals surface area (Å²) in [6.45, 7) is 4.87. The highest BCUT2D eigenvalue weighted by atomic mass is 16.1. The van der Waals surface area contributed by atoms with E-state index in [1.54, 1.807) is 6.92 Å². The van der Waals surface area contributed by atoms with Crippen molar-refractivity contribution < 1.29 is 4.79 Å². The molecule has 4 N–H and O–H groups in total. The number of rotatable bonds is 5. The van der Waals surface area contributed by atoms with Crippen LogP contribution in [-0.2, 0) is 4.79 Å². The predicted molar refractivity (Wildman–Crippen MR) is 66.1 cm³/mol. The van der Waals surface area contributed by atoms with Crippen LogP contribution in [0.15, 0.2) is 30.3 Å². The molecule has 0 bridgehead atoms. The van der Waals surface area contributed by atoms with Gasteiger partial charge in [-0.2, -0.15) is 0 Å². The van der Waals surface area contributed by atoms with Crippen molar-refractivity contribution in [1.82, 2.24) is 0 Å². The molecule has 1 rings (SSSR count). The van der Waals surface area contributed by atoms with Crippen LogP contribution in [-0.4, -0.2) is 24.5 Å². The van der Waals surface area contributed by atoms with Gasteiger partial charge in [0.1, 0.15) is 5.54 Å². The van der Waals surface area contributed by atoms with E-state index in [0.717, 1.165) is 12.2 Å². The van der Waals surface area contributed by atoms with Crippen LogP contribution in [0.4, 0.5) is 5.69 Å². The molecule has 1 unspecified atom stereocenters. The fourth-order valence-corrected chi connectivity index (χ4v) is 1.50. The smallest absolute Gasteiger partial charge is 0.239 e. The van der Waals surface area contributed by atoms with E-state index in [1.165, 1.54) is 0 Å². The summed E-state index contributed by atoms with van der Waals surface area (Å²) in [5.74, 6) is -0.484. The Hall–Kier alpha value is -1.55. The van der Waals surface area contributed by atoms with E-state index in [2.05, 4.69) is 0 Å². The number of nitrogens with zero attached hydrogens (tertiary/aromatic N) is 1. The normalized spacial score (nSPS) is 14.2. The second-order valence-corrected chi connectivity index (χ2v) is 4.13. The van der Waals surface area contributed by atoms with Gasteiger partial charge in [0.25, 0.3) is 0 Å². The van der Waals surface area contributed by atoms with Gasteiger partial charge >= 0.3 is 0 Å². The van der Waals surface area contributed by atoms with Crippen LogP contribution in [0.3, 0.4) is 0 Å². The van der Waals surface area contributed by atoms with Crippen molar-refractivity contribution in [2.75, 3.05) is 18.0 Å². The molecule has 0 heterocycles. The van der Waals surface area contributed by atoms with Crippen molar-refractivity contribution in [3.63, 3.8) is 0 Å². The molecular formula is C12H19N3O. The van der Waals surface area contributed by atoms with E-state index < -0.39 is 11.4 Å². The average molecular weight is 221 g/mol. The van der Waals surface area contributed by atoms with Crippen LogP contribution in [0.2, 0.25) is 0 Å². The van der Waals surface area contributed by atoms with Crippen molar-refractivity contribution in [2.45, 2.75) is 19.4 Å². The molecule has 0 aliphatic carbocycles. The minimum absolute atomic E-state index is 0.419. The number of nitrogens with two attached hydrogens (primary N) is 2. The standard InChI is InChI=1S/C12H19N3O/c1-3-15(9-12(2,14)11(13)16)10-7-5-4-6-8-10/h4-8H,3,9,14H2,1-2H3,(H2,13,16). The lowest BCUT2D eigenvalue weighted by Gasteiger charge is -2.31. The number of amides is 1. The molecule has 16 heavy (non-hydrogen) atoms. The minimum atomic E-state index is -1.01. The second kappa shape index (κ2) is 4.99. The molecule has 1 atom stereocenters. The fourth-order valence-electron chi connectivity index (χ4n) is 1.50. The molecule has 0 saturated heterocycles. The molecule has 0 spiro atoms. The first-order valence-electron chi connectivity index (χ1n) is 5.36. The summed E-state index contributed by atoms with van der Waals surface area (Å²) >= 11 is 0. The molecule has 4 nitrogen and oxygen atoms in total. The molecule has 0 radical (unpaired) electrons. The Morgan fingerprint density at radius 1 is 1.38 bits per heavy atom. The van der Waals surface area contributed by atoms with E-state index >= 15 is 0 Å². The van der Waals surface area contributed by atoms with Crippen LogP contribution in [0, 0.1) is 0 Å². The lowest BCUT2D eigenvalue weighted by Crippen LogP contribution is -2.57. The molecule has 0 aromatic heterocycles. The highest BCUT2D eigenvalue weighted by Gasteiger charge is 2.28. The van der Waals surface area contributed by atoms with Gasteiger partial charge in [-0.25, -0.2) is 0 Å². The Morgan fingerprint density at radius 3 is 2.38 bits per heavy atom. The summed E-state index contributed by atoms with van der Waals surface area (Å²) in [6.07, 6.45) is 0. The Balaban J connectivity index is 2.81. The molecule has 1 amide bonds. The number of carbonyl (C=O) groups excluding carboxylic acids is 1. The van der Waals surface area contributed by atoms with Gasteiger partial charge in [-0.05, 0) is 26.0 Å². The van der Waals surface area contributed by atoms with Gasteiger partial charge in [0.15, 0.2) is 0 Å². The molecule has 4 heteroatoms. The molecular weight excluding hydrogens is 202 g/mol. The SMILES string of the molecule is CCN(CC(C)(N)C(N)=O)c1ccccc1. The molecule has 88 valence electrons. The number of hydrogen-bond donors (Lipinski definition) is 2. The summed E-state index contributed by atoms with van der Waals surface area (Å²) in [5.41, 5.74) is 11.2. The molecule has 0 fully saturated rings. The van der Waals surface area contributed by atoms with Crippen molar-refractivity contribution in [1.29, 1.82) is 0 Å². The van der Waals surface area contributed by atoms with E-state index in [-0.39, 0.29) is 0 Å². The largest absolute Gasteiger partial charge is 0.369 e. The highest BCUT2D eigenvalue weighted by Crippen LogP contribution is 2.15. The number of para-hydroxylation sites is 1. The monoisotopic (exact) mass is 221 g/mol. The van der Waals surface area contributed by atoms with E-state index in [1.807, 2.05) is 42.2 Å². The maximum absolute atomic E-state index is 11.2. The maximum atomic E-state index is 11.2. The van der Waals surface area contributed by atoms with Crippen molar-refractivity contribution in [3.8, 4) is 0 Å². The van der Waals surface area contributed by atoms with Crippen LogP contribution >= 0.6 is 0 Å². The van der Waals surface area contributed by atoms with Gasteiger partial charge in [-0.3, -0.25) is 4.79 Å². The molecule has 0 saturated carbocycles. The Labute approximate surface area is 96.2 Å². The Kier molecular flexibility index (Phi) is 3.90. The lowest BCUT2D eigenvalue weighted by molar-refractivity contribution is -0.122. The van der Waals surface area contributed by atoms with E-state index in [0.29, 0.717) is 6.54 Å². The summed E-state index contributed by atoms with van der Waals surface area (Å²) in [7, 11) is 0. The van der Waals surface area contributed by atoms with Gasteiger partial charge < -0.3 is 16.4 Å². The molecule has 0 aliphatic rings. The zero-order valence-electron chi connectivity index (χ0n) is 9.81. The van der Waals surface area contributed by atoms with E-state index in [9.17, 15) is 4.79 Å². The van der Waals surface area contributed by atoms with E-state index in [4.69, 9.17) is 11.5 Å². The lowest BCUT2D eigenvalue weighted by atomic mass is 10.0. The first-order valence-corrected chi connectivity index (χ1v) is 5.36. The average Bonchev–Trinajstić information content (AvgIpc) is 2.27. The predicted octanol–water partition coefficient (Wildman–Crippen LogP) is 0.716. The summed E-state index contributed by atoms with van der Waals surface area (Å²) in [4.78, 5) is 13.2. The third-order valence-corrected chi connectivity index (χ3v) is 2.59. The van der Waals surface area contributed by atoms with Gasteiger partial charge in [-0.1, -0.05) is 18.2 Å². The topological polar surface area (TPSA) is 72.3 Å². The molecule has 1 aromatic rings. The molecule has 1 aromatic carbocycles. The minimum Gasteiger partial charge on any atom is -0.369 e. The van der Waals surface area contributed by atoms with Crippen molar-refractivity contribution >= 4 is 11.6 Å². The van der Waals surface area contributed by atoms with Gasteiger partial charge in [0.2, 0.25) is 5.91 Å². The maximum Gasteiger partial charge on any atom is 0.239 e.